The molecular formula is C35H49N5O3S2. The first-order chi connectivity index (χ1) is 21.8. The first-order valence-corrected chi connectivity index (χ1v) is 19.4. The number of ether oxygens (including phenoxy) is 1. The first-order valence-electron chi connectivity index (χ1n) is 16.7. The van der Waals surface area contributed by atoms with Gasteiger partial charge in [-0.1, -0.05) is 0 Å². The molecule has 45 heavy (non-hydrogen) atoms. The Bertz CT molecular complexity index is 1540. The third kappa shape index (κ3) is 7.00. The molecule has 1 aromatic heterocycles. The molecule has 10 heteroatoms. The van der Waals surface area contributed by atoms with Gasteiger partial charge in [-0.3, -0.25) is 14.8 Å². The number of aromatic nitrogens is 1. The van der Waals surface area contributed by atoms with E-state index in [1.165, 1.54) is 39.0 Å². The van der Waals surface area contributed by atoms with Crippen molar-refractivity contribution < 1.29 is 13.2 Å². The number of thioether (sulfide) groups is 1. The number of fused-ring (bicyclic) bond motifs is 1. The van der Waals surface area contributed by atoms with Gasteiger partial charge in [-0.05, 0) is 108 Å². The van der Waals surface area contributed by atoms with Crippen LogP contribution < -0.4 is 9.64 Å². The number of piperazine rings is 1. The molecule has 6 rings (SSSR count). The molecule has 0 saturated carbocycles. The lowest BCUT2D eigenvalue weighted by Gasteiger charge is -2.46. The third-order valence-corrected chi connectivity index (χ3v) is 12.6. The smallest absolute Gasteiger partial charge is 0.210 e. The van der Waals surface area contributed by atoms with E-state index in [0.717, 1.165) is 60.5 Å². The standard InChI is InChI=1S/C35H49N5O3S2/c1-5-43-29-6-9-31(10-7-29)45(41,42)34-25-36-33-11-8-30(44-4)24-32(33)35(34)40-18-14-27(15-19-40)38-16-12-28(13-17-38)39-22-20-37(21-23-39)26(2)3/h6-11,24-28H,5,12-23H2,1-4H3. The molecule has 8 nitrogen and oxygen atoms in total. The third-order valence-electron chi connectivity index (χ3n) is 10.1. The van der Waals surface area contributed by atoms with Crippen LogP contribution in [0, 0.1) is 0 Å². The molecule has 0 amide bonds. The maximum atomic E-state index is 14.2. The van der Waals surface area contributed by atoms with Crippen molar-refractivity contribution in [3.05, 3.63) is 48.7 Å². The number of hydrogen-bond donors (Lipinski definition) is 0. The van der Waals surface area contributed by atoms with E-state index in [4.69, 9.17) is 4.74 Å². The minimum atomic E-state index is -3.81. The van der Waals surface area contributed by atoms with Crippen LogP contribution in [0.3, 0.4) is 0 Å². The molecule has 3 fully saturated rings. The molecule has 3 aliphatic rings. The van der Waals surface area contributed by atoms with Gasteiger partial charge in [0.2, 0.25) is 9.84 Å². The zero-order valence-corrected chi connectivity index (χ0v) is 29.0. The average molecular weight is 652 g/mol. The Kier molecular flexibility index (Phi) is 10.3. The van der Waals surface area contributed by atoms with Crippen LogP contribution in [0.15, 0.2) is 63.3 Å². The Morgan fingerprint density at radius 3 is 2.09 bits per heavy atom. The van der Waals surface area contributed by atoms with Gasteiger partial charge < -0.3 is 14.5 Å². The molecule has 0 spiro atoms. The van der Waals surface area contributed by atoms with Crippen LogP contribution in [0.5, 0.6) is 5.75 Å². The zero-order chi connectivity index (χ0) is 31.6. The second-order valence-corrected chi connectivity index (χ2v) is 15.7. The van der Waals surface area contributed by atoms with Crippen molar-refractivity contribution in [1.82, 2.24) is 19.7 Å². The van der Waals surface area contributed by atoms with Gasteiger partial charge in [-0.2, -0.15) is 0 Å². The Balaban J connectivity index is 1.18. The second kappa shape index (κ2) is 14.2. The van der Waals surface area contributed by atoms with Crippen molar-refractivity contribution in [1.29, 1.82) is 0 Å². The summed E-state index contributed by atoms with van der Waals surface area (Å²) in [4.78, 5) is 16.7. The number of likely N-dealkylation sites (tertiary alicyclic amines) is 1. The number of rotatable bonds is 9. The van der Waals surface area contributed by atoms with Gasteiger partial charge in [0.05, 0.1) is 22.7 Å². The van der Waals surface area contributed by atoms with Gasteiger partial charge >= 0.3 is 0 Å². The largest absolute Gasteiger partial charge is 0.494 e. The summed E-state index contributed by atoms with van der Waals surface area (Å²) in [5.41, 5.74) is 1.62. The van der Waals surface area contributed by atoms with Crippen molar-refractivity contribution in [2.24, 2.45) is 0 Å². The first kappa shape index (κ1) is 32.6. The molecule has 3 saturated heterocycles. The van der Waals surface area contributed by atoms with Crippen LogP contribution >= 0.6 is 11.8 Å². The summed E-state index contributed by atoms with van der Waals surface area (Å²) in [5, 5.41) is 0.908. The average Bonchev–Trinajstić information content (AvgIpc) is 3.08. The topological polar surface area (TPSA) is 69.2 Å². The molecule has 2 aromatic carbocycles. The molecule has 4 heterocycles. The van der Waals surface area contributed by atoms with Crippen molar-refractivity contribution in [2.75, 3.05) is 70.1 Å². The van der Waals surface area contributed by atoms with Crippen LogP contribution in [0.25, 0.3) is 10.9 Å². The van der Waals surface area contributed by atoms with Gasteiger partial charge in [0.1, 0.15) is 10.6 Å². The van der Waals surface area contributed by atoms with Crippen LogP contribution in [0.2, 0.25) is 0 Å². The lowest BCUT2D eigenvalue weighted by Crippen LogP contribution is -2.56. The Labute approximate surface area is 274 Å². The summed E-state index contributed by atoms with van der Waals surface area (Å²) in [6.07, 6.45) is 8.19. The van der Waals surface area contributed by atoms with Crippen molar-refractivity contribution in [3.63, 3.8) is 0 Å². The summed E-state index contributed by atoms with van der Waals surface area (Å²) in [6, 6.07) is 14.8. The fourth-order valence-electron chi connectivity index (χ4n) is 7.49. The van der Waals surface area contributed by atoms with Crippen LogP contribution in [0.4, 0.5) is 5.69 Å². The van der Waals surface area contributed by atoms with E-state index in [-0.39, 0.29) is 9.79 Å². The number of pyridine rings is 1. The van der Waals surface area contributed by atoms with E-state index < -0.39 is 9.84 Å². The predicted molar refractivity (Wildman–Crippen MR) is 185 cm³/mol. The maximum absolute atomic E-state index is 14.2. The number of piperidine rings is 2. The molecule has 0 N–H and O–H groups in total. The molecule has 3 aliphatic heterocycles. The van der Waals surface area contributed by atoms with Crippen molar-refractivity contribution in [3.8, 4) is 5.75 Å². The van der Waals surface area contributed by atoms with Crippen molar-refractivity contribution in [2.45, 2.75) is 79.3 Å². The summed E-state index contributed by atoms with van der Waals surface area (Å²) in [6.45, 7) is 15.8. The molecule has 0 unspecified atom stereocenters. The molecule has 0 atom stereocenters. The van der Waals surface area contributed by atoms with Crippen LogP contribution in [0.1, 0.15) is 46.5 Å². The molecule has 0 aliphatic carbocycles. The van der Waals surface area contributed by atoms with Crippen LogP contribution in [-0.4, -0.2) is 111 Å². The van der Waals surface area contributed by atoms with Gasteiger partial charge in [-0.15, -0.1) is 11.8 Å². The van der Waals surface area contributed by atoms with E-state index in [2.05, 4.69) is 56.8 Å². The minimum absolute atomic E-state index is 0.262. The minimum Gasteiger partial charge on any atom is -0.494 e. The van der Waals surface area contributed by atoms with Gasteiger partial charge in [0.25, 0.3) is 0 Å². The van der Waals surface area contributed by atoms with E-state index in [9.17, 15) is 8.42 Å². The summed E-state index contributed by atoms with van der Waals surface area (Å²) in [5.74, 6) is 0.665. The Hall–Kier alpha value is -2.37. The number of nitrogens with zero attached hydrogens (tertiary/aromatic N) is 5. The van der Waals surface area contributed by atoms with Crippen LogP contribution in [-0.2, 0) is 9.84 Å². The Morgan fingerprint density at radius 1 is 0.867 bits per heavy atom. The van der Waals surface area contributed by atoms with E-state index in [1.807, 2.05) is 13.0 Å². The highest BCUT2D eigenvalue weighted by molar-refractivity contribution is 7.98. The normalized spacial score (nSPS) is 20.3. The van der Waals surface area contributed by atoms with Crippen molar-refractivity contribution >= 4 is 38.2 Å². The highest BCUT2D eigenvalue weighted by Crippen LogP contribution is 2.39. The highest BCUT2D eigenvalue weighted by Gasteiger charge is 2.34. The van der Waals surface area contributed by atoms with Gasteiger partial charge in [-0.25, -0.2) is 8.42 Å². The highest BCUT2D eigenvalue weighted by atomic mass is 32.2. The molecule has 0 bridgehead atoms. The molecule has 244 valence electrons. The lowest BCUT2D eigenvalue weighted by atomic mass is 9.96. The number of anilines is 1. The quantitative estimate of drug-likeness (QED) is 0.273. The maximum Gasteiger partial charge on any atom is 0.210 e. The van der Waals surface area contributed by atoms with E-state index >= 15 is 0 Å². The SMILES string of the molecule is CCOc1ccc(S(=O)(=O)c2cnc3ccc(SC)cc3c2N2CCC(N3CCC(N4CCN(C(C)C)CC4)CC3)CC2)cc1. The lowest BCUT2D eigenvalue weighted by molar-refractivity contribution is 0.0359. The van der Waals surface area contributed by atoms with E-state index in [0.29, 0.717) is 30.5 Å². The Morgan fingerprint density at radius 2 is 1.49 bits per heavy atom. The summed E-state index contributed by atoms with van der Waals surface area (Å²) >= 11 is 1.66. The molecule has 3 aromatic rings. The summed E-state index contributed by atoms with van der Waals surface area (Å²) in [7, 11) is -3.81. The zero-order valence-electron chi connectivity index (χ0n) is 27.3. The molecule has 0 radical (unpaired) electrons. The number of sulfone groups is 1. The van der Waals surface area contributed by atoms with E-state index in [1.54, 1.807) is 42.2 Å². The molecular weight excluding hydrogens is 603 g/mol. The number of benzene rings is 2. The fraction of sp³-hybridized carbons (Fsp3) is 0.571. The van der Waals surface area contributed by atoms with Gasteiger partial charge in [0, 0.05) is 73.9 Å². The predicted octanol–water partition coefficient (Wildman–Crippen LogP) is 5.65. The van der Waals surface area contributed by atoms with Gasteiger partial charge in [0.15, 0.2) is 0 Å². The number of hydrogen-bond acceptors (Lipinski definition) is 9. The summed E-state index contributed by atoms with van der Waals surface area (Å²) < 4.78 is 33.9. The fourth-order valence-corrected chi connectivity index (χ4v) is 9.36. The monoisotopic (exact) mass is 651 g/mol. The second-order valence-electron chi connectivity index (χ2n) is 12.9.